The third-order valence-corrected chi connectivity index (χ3v) is 4.30. The van der Waals surface area contributed by atoms with E-state index >= 15 is 0 Å². The van der Waals surface area contributed by atoms with E-state index in [1.54, 1.807) is 0 Å². The Kier molecular flexibility index (Phi) is 5.06. The van der Waals surface area contributed by atoms with Gasteiger partial charge in [-0.05, 0) is 38.1 Å². The number of carbonyl (C=O) groups excluding carboxylic acids is 1. The molecule has 1 fully saturated rings. The zero-order valence-corrected chi connectivity index (χ0v) is 13.9. The van der Waals surface area contributed by atoms with E-state index in [1.807, 2.05) is 0 Å². The second kappa shape index (κ2) is 7.02. The van der Waals surface area contributed by atoms with Gasteiger partial charge in [-0.25, -0.2) is 4.98 Å². The maximum absolute atomic E-state index is 13.2. The van der Waals surface area contributed by atoms with Crippen molar-refractivity contribution in [1.82, 2.24) is 20.6 Å². The molecule has 1 aromatic carbocycles. The molecule has 0 spiro atoms. The number of aromatic nitrogens is 2. The average Bonchev–Trinajstić information content (AvgIpc) is 2.94. The first-order chi connectivity index (χ1) is 12.5. The minimum Gasteiger partial charge on any atom is -0.353 e. The Labute approximate surface area is 149 Å². The zero-order valence-electron chi connectivity index (χ0n) is 13.9. The van der Waals surface area contributed by atoms with Crippen LogP contribution in [0.3, 0.4) is 0 Å². The van der Waals surface area contributed by atoms with Crippen molar-refractivity contribution in [2.24, 2.45) is 0 Å². The number of benzene rings is 1. The van der Waals surface area contributed by atoms with Gasteiger partial charge in [0.15, 0.2) is 0 Å². The van der Waals surface area contributed by atoms with Crippen molar-refractivity contribution in [2.75, 3.05) is 13.1 Å². The number of fused-ring (bicyclic) bond motifs is 1. The Bertz CT molecular complexity index is 836. The van der Waals surface area contributed by atoms with Gasteiger partial charge in [-0.1, -0.05) is 0 Å². The summed E-state index contributed by atoms with van der Waals surface area (Å²) in [5.74, 6) is -0.577. The van der Waals surface area contributed by atoms with E-state index in [1.165, 1.54) is 0 Å². The van der Waals surface area contributed by atoms with Gasteiger partial charge in [-0.15, -0.1) is 0 Å². The van der Waals surface area contributed by atoms with Crippen molar-refractivity contribution in [1.29, 1.82) is 0 Å². The van der Waals surface area contributed by atoms with Crippen molar-refractivity contribution in [3.63, 3.8) is 0 Å². The summed E-state index contributed by atoms with van der Waals surface area (Å²) in [7, 11) is 0. The molecule has 1 aliphatic rings. The lowest BCUT2D eigenvalue weighted by Crippen LogP contribution is -2.43. The Morgan fingerprint density at radius 3 is 2.37 bits per heavy atom. The van der Waals surface area contributed by atoms with Crippen molar-refractivity contribution in [3.05, 3.63) is 29.1 Å². The number of carbonyl (C=O) groups is 1. The first-order valence-electron chi connectivity index (χ1n) is 8.21. The van der Waals surface area contributed by atoms with E-state index in [4.69, 9.17) is 0 Å². The molecule has 2 heterocycles. The number of alkyl halides is 6. The first-order valence-corrected chi connectivity index (χ1v) is 8.21. The van der Waals surface area contributed by atoms with Crippen LogP contribution in [0, 0.1) is 0 Å². The molecular weight excluding hydrogens is 378 g/mol. The van der Waals surface area contributed by atoms with Gasteiger partial charge < -0.3 is 15.6 Å². The number of hydrogen-bond donors (Lipinski definition) is 3. The summed E-state index contributed by atoms with van der Waals surface area (Å²) in [4.78, 5) is 18.2. The highest BCUT2D eigenvalue weighted by Gasteiger charge is 2.39. The van der Waals surface area contributed by atoms with E-state index in [0.717, 1.165) is 25.9 Å². The second-order valence-electron chi connectivity index (χ2n) is 6.37. The topological polar surface area (TPSA) is 69.8 Å². The largest absolute Gasteiger partial charge is 0.418 e. The summed E-state index contributed by atoms with van der Waals surface area (Å²) in [5.41, 5.74) is -3.98. The fourth-order valence-corrected chi connectivity index (χ4v) is 3.03. The summed E-state index contributed by atoms with van der Waals surface area (Å²) >= 11 is 0. The number of halogens is 6. The molecule has 1 saturated heterocycles. The van der Waals surface area contributed by atoms with Crippen LogP contribution in [-0.2, 0) is 23.6 Å². The normalized spacial score (nSPS) is 16.7. The van der Waals surface area contributed by atoms with Gasteiger partial charge >= 0.3 is 12.4 Å². The summed E-state index contributed by atoms with van der Waals surface area (Å²) in [6.45, 7) is 1.48. The van der Waals surface area contributed by atoms with Gasteiger partial charge in [0, 0.05) is 6.04 Å². The maximum Gasteiger partial charge on any atom is 0.418 e. The molecule has 5 nitrogen and oxygen atoms in total. The molecule has 148 valence electrons. The molecule has 0 bridgehead atoms. The summed E-state index contributed by atoms with van der Waals surface area (Å²) < 4.78 is 78.2. The summed E-state index contributed by atoms with van der Waals surface area (Å²) in [5, 5.41) is 5.88. The molecule has 1 amide bonds. The van der Waals surface area contributed by atoms with Gasteiger partial charge in [0.2, 0.25) is 5.91 Å². The quantitative estimate of drug-likeness (QED) is 0.701. The molecule has 3 N–H and O–H groups in total. The van der Waals surface area contributed by atoms with E-state index < -0.39 is 40.4 Å². The lowest BCUT2D eigenvalue weighted by molar-refractivity contribution is -0.142. The van der Waals surface area contributed by atoms with E-state index in [0.29, 0.717) is 6.07 Å². The molecule has 27 heavy (non-hydrogen) atoms. The van der Waals surface area contributed by atoms with Crippen LogP contribution in [-0.4, -0.2) is 35.0 Å². The highest BCUT2D eigenvalue weighted by Crippen LogP contribution is 2.39. The van der Waals surface area contributed by atoms with Gasteiger partial charge in [0.25, 0.3) is 0 Å². The fraction of sp³-hybridized carbons (Fsp3) is 0.500. The Hall–Kier alpha value is -2.30. The van der Waals surface area contributed by atoms with E-state index in [9.17, 15) is 31.1 Å². The van der Waals surface area contributed by atoms with Crippen molar-refractivity contribution in [2.45, 2.75) is 37.7 Å². The molecule has 2 aromatic rings. The molecule has 0 aliphatic carbocycles. The van der Waals surface area contributed by atoms with Crippen LogP contribution in [0.4, 0.5) is 26.3 Å². The van der Waals surface area contributed by atoms with Crippen LogP contribution in [0.25, 0.3) is 11.0 Å². The number of imidazole rings is 1. The molecule has 1 aliphatic heterocycles. The number of H-pyrrole nitrogens is 1. The van der Waals surface area contributed by atoms with Crippen LogP contribution >= 0.6 is 0 Å². The van der Waals surface area contributed by atoms with Gasteiger partial charge in [0.1, 0.15) is 11.3 Å². The monoisotopic (exact) mass is 394 g/mol. The van der Waals surface area contributed by atoms with Crippen LogP contribution in [0.5, 0.6) is 0 Å². The van der Waals surface area contributed by atoms with Gasteiger partial charge in [-0.3, -0.25) is 4.79 Å². The number of hydrogen-bond acceptors (Lipinski definition) is 3. The van der Waals surface area contributed by atoms with E-state index in [-0.39, 0.29) is 24.4 Å². The molecule has 0 unspecified atom stereocenters. The summed E-state index contributed by atoms with van der Waals surface area (Å²) in [6, 6.07) is 0.541. The van der Waals surface area contributed by atoms with Gasteiger partial charge in [-0.2, -0.15) is 26.3 Å². The lowest BCUT2D eigenvalue weighted by Gasteiger charge is -2.23. The number of piperidine rings is 1. The van der Waals surface area contributed by atoms with Crippen LogP contribution < -0.4 is 10.6 Å². The fourth-order valence-electron chi connectivity index (χ4n) is 3.03. The highest BCUT2D eigenvalue weighted by atomic mass is 19.4. The first kappa shape index (κ1) is 19.5. The molecule has 3 rings (SSSR count). The maximum atomic E-state index is 13.2. The lowest BCUT2D eigenvalue weighted by atomic mass is 10.1. The molecule has 0 radical (unpaired) electrons. The van der Waals surface area contributed by atoms with Crippen LogP contribution in [0.15, 0.2) is 12.1 Å². The standard InChI is InChI=1S/C16H16F6N4O/c17-15(18,19)8-5-10(16(20,21)22)14-11(6-8)25-12(26-14)7-13(27)24-9-1-3-23-4-2-9/h5-6,9,23H,1-4,7H2,(H,24,27)(H,25,26). The predicted octanol–water partition coefficient (Wildman–Crippen LogP) is 3.01. The molecule has 0 atom stereocenters. The number of nitrogens with one attached hydrogen (secondary N) is 3. The van der Waals surface area contributed by atoms with Crippen LogP contribution in [0.2, 0.25) is 0 Å². The highest BCUT2D eigenvalue weighted by molar-refractivity contribution is 5.83. The Morgan fingerprint density at radius 2 is 1.78 bits per heavy atom. The smallest absolute Gasteiger partial charge is 0.353 e. The summed E-state index contributed by atoms with van der Waals surface area (Å²) in [6.07, 6.45) is -8.86. The Balaban J connectivity index is 1.88. The van der Waals surface area contributed by atoms with Crippen LogP contribution in [0.1, 0.15) is 29.8 Å². The number of aromatic amines is 1. The number of nitrogens with zero attached hydrogens (tertiary/aromatic N) is 1. The third-order valence-electron chi connectivity index (χ3n) is 4.30. The molecular formula is C16H16F6N4O. The van der Waals surface area contributed by atoms with Crippen molar-refractivity contribution in [3.8, 4) is 0 Å². The zero-order chi connectivity index (χ0) is 19.8. The predicted molar refractivity (Wildman–Crippen MR) is 83.8 cm³/mol. The third kappa shape index (κ3) is 4.52. The van der Waals surface area contributed by atoms with Gasteiger partial charge in [0.05, 0.1) is 23.1 Å². The minimum atomic E-state index is -5.01. The van der Waals surface area contributed by atoms with Crippen molar-refractivity contribution >= 4 is 16.9 Å². The van der Waals surface area contributed by atoms with Crippen molar-refractivity contribution < 1.29 is 31.1 Å². The Morgan fingerprint density at radius 1 is 1.11 bits per heavy atom. The second-order valence-corrected chi connectivity index (χ2v) is 6.37. The van der Waals surface area contributed by atoms with E-state index in [2.05, 4.69) is 20.6 Å². The average molecular weight is 394 g/mol. The molecule has 1 aromatic heterocycles. The molecule has 0 saturated carbocycles. The minimum absolute atomic E-state index is 0.0298. The SMILES string of the molecule is O=C(Cc1nc2c(C(F)(F)F)cc(C(F)(F)F)cc2[nH]1)NC1CCNCC1. The number of rotatable bonds is 3. The number of amides is 1. The molecule has 11 heteroatoms.